The predicted octanol–water partition coefficient (Wildman–Crippen LogP) is 0.346. The average Bonchev–Trinajstić information content (AvgIpc) is 2.92. The van der Waals surface area contributed by atoms with Crippen LogP contribution in [0.15, 0.2) is 0 Å². The van der Waals surface area contributed by atoms with E-state index in [-0.39, 0.29) is 12.0 Å². The van der Waals surface area contributed by atoms with Crippen molar-refractivity contribution in [1.29, 1.82) is 0 Å². The Hall–Kier alpha value is -0.650. The fraction of sp³-hybridized carbons (Fsp3) is 0.923. The molecule has 0 amide bonds. The molecular formula is C13H24N2O3. The van der Waals surface area contributed by atoms with Crippen LogP contribution in [0.1, 0.15) is 19.3 Å². The van der Waals surface area contributed by atoms with Gasteiger partial charge >= 0.3 is 5.97 Å². The third-order valence-electron chi connectivity index (χ3n) is 3.83. The minimum Gasteiger partial charge on any atom is -0.468 e. The number of rotatable bonds is 5. The molecule has 0 aliphatic carbocycles. The quantitative estimate of drug-likeness (QED) is 0.664. The molecule has 1 atom stereocenters. The van der Waals surface area contributed by atoms with Gasteiger partial charge in [0.25, 0.3) is 0 Å². The average molecular weight is 256 g/mol. The van der Waals surface area contributed by atoms with Crippen LogP contribution in [0.3, 0.4) is 0 Å². The summed E-state index contributed by atoms with van der Waals surface area (Å²) in [5, 5.41) is 0. The van der Waals surface area contributed by atoms with Crippen molar-refractivity contribution < 1.29 is 14.3 Å². The lowest BCUT2D eigenvalue weighted by Crippen LogP contribution is -2.50. The Morgan fingerprint density at radius 2 is 2.06 bits per heavy atom. The van der Waals surface area contributed by atoms with E-state index in [2.05, 4.69) is 9.80 Å². The molecule has 0 bridgehead atoms. The van der Waals surface area contributed by atoms with Gasteiger partial charge in [-0.15, -0.1) is 0 Å². The Kier molecular flexibility index (Phi) is 5.41. The smallest absolute Gasteiger partial charge is 0.325 e. The van der Waals surface area contributed by atoms with Gasteiger partial charge in [-0.1, -0.05) is 0 Å². The molecule has 18 heavy (non-hydrogen) atoms. The van der Waals surface area contributed by atoms with Crippen molar-refractivity contribution in [1.82, 2.24) is 9.80 Å². The summed E-state index contributed by atoms with van der Waals surface area (Å²) in [6, 6.07) is -0.206. The largest absolute Gasteiger partial charge is 0.468 e. The van der Waals surface area contributed by atoms with Crippen LogP contribution in [0.5, 0.6) is 0 Å². The van der Waals surface area contributed by atoms with E-state index in [9.17, 15) is 4.79 Å². The molecule has 2 saturated heterocycles. The van der Waals surface area contributed by atoms with Crippen molar-refractivity contribution in [3.63, 3.8) is 0 Å². The second-order valence-electron chi connectivity index (χ2n) is 5.05. The van der Waals surface area contributed by atoms with Gasteiger partial charge in [0.05, 0.1) is 20.3 Å². The third kappa shape index (κ3) is 3.67. The van der Waals surface area contributed by atoms with Crippen LogP contribution in [-0.4, -0.2) is 74.9 Å². The Bertz CT molecular complexity index is 267. The van der Waals surface area contributed by atoms with Crippen molar-refractivity contribution in [2.75, 3.05) is 53.0 Å². The van der Waals surface area contributed by atoms with Crippen LogP contribution in [0.25, 0.3) is 0 Å². The van der Waals surface area contributed by atoms with Gasteiger partial charge in [-0.05, 0) is 38.9 Å². The van der Waals surface area contributed by atoms with Crippen LogP contribution < -0.4 is 0 Å². The Labute approximate surface area is 109 Å². The van der Waals surface area contributed by atoms with Crippen molar-refractivity contribution in [2.45, 2.75) is 25.3 Å². The Balaban J connectivity index is 1.72. The van der Waals surface area contributed by atoms with E-state index >= 15 is 0 Å². The maximum Gasteiger partial charge on any atom is 0.325 e. The van der Waals surface area contributed by atoms with Gasteiger partial charge < -0.3 is 14.4 Å². The van der Waals surface area contributed by atoms with Crippen LogP contribution in [0, 0.1) is 0 Å². The number of carbonyl (C=O) groups excluding carboxylic acids is 1. The summed E-state index contributed by atoms with van der Waals surface area (Å²) in [7, 11) is 1.44. The van der Waals surface area contributed by atoms with E-state index in [1.54, 1.807) is 0 Å². The molecule has 0 N–H and O–H groups in total. The number of nitrogens with zero attached hydrogens (tertiary/aromatic N) is 2. The van der Waals surface area contributed by atoms with Gasteiger partial charge in [-0.25, -0.2) is 0 Å². The fourth-order valence-electron chi connectivity index (χ4n) is 2.76. The fourth-order valence-corrected chi connectivity index (χ4v) is 2.76. The summed E-state index contributed by atoms with van der Waals surface area (Å²) in [5.41, 5.74) is 0. The van der Waals surface area contributed by atoms with Gasteiger partial charge in [0.1, 0.15) is 6.04 Å². The normalized spacial score (nSPS) is 26.4. The molecule has 5 nitrogen and oxygen atoms in total. The number of carbonyl (C=O) groups is 1. The molecule has 2 heterocycles. The molecule has 0 aromatic carbocycles. The molecule has 2 fully saturated rings. The minimum atomic E-state index is -0.206. The number of likely N-dealkylation sites (tertiary alicyclic amines) is 1. The first-order chi connectivity index (χ1) is 8.81. The SMILES string of the molecule is COC(=O)C1COCCN1CCCN1CCCC1. The highest BCUT2D eigenvalue weighted by molar-refractivity contribution is 5.75. The van der Waals surface area contributed by atoms with Gasteiger partial charge in [0, 0.05) is 13.1 Å². The second kappa shape index (κ2) is 7.07. The van der Waals surface area contributed by atoms with Gasteiger partial charge in [0.15, 0.2) is 0 Å². The molecule has 104 valence electrons. The molecule has 0 radical (unpaired) electrons. The molecule has 5 heteroatoms. The molecule has 1 unspecified atom stereocenters. The second-order valence-corrected chi connectivity index (χ2v) is 5.05. The Morgan fingerprint density at radius 3 is 2.78 bits per heavy atom. The number of hydrogen-bond donors (Lipinski definition) is 0. The zero-order chi connectivity index (χ0) is 12.8. The molecule has 2 rings (SSSR count). The van der Waals surface area contributed by atoms with Crippen molar-refractivity contribution in [2.24, 2.45) is 0 Å². The molecule has 0 spiro atoms. The van der Waals surface area contributed by atoms with E-state index in [0.717, 1.165) is 32.7 Å². The first-order valence-electron chi connectivity index (χ1n) is 6.93. The molecule has 0 aromatic rings. The highest BCUT2D eigenvalue weighted by Gasteiger charge is 2.29. The number of ether oxygens (including phenoxy) is 2. The first kappa shape index (κ1) is 13.8. The standard InChI is InChI=1S/C13H24N2O3/c1-17-13(16)12-11-18-10-9-15(12)8-4-7-14-5-2-3-6-14/h12H,2-11H2,1H3. The number of methoxy groups -OCH3 is 1. The molecule has 0 saturated carbocycles. The maximum atomic E-state index is 11.6. The lowest BCUT2D eigenvalue weighted by molar-refractivity contribution is -0.153. The molecule has 2 aliphatic rings. The minimum absolute atomic E-state index is 0.170. The summed E-state index contributed by atoms with van der Waals surface area (Å²) >= 11 is 0. The lowest BCUT2D eigenvalue weighted by Gasteiger charge is -2.33. The summed E-state index contributed by atoms with van der Waals surface area (Å²) in [5.74, 6) is -0.170. The topological polar surface area (TPSA) is 42.0 Å². The third-order valence-corrected chi connectivity index (χ3v) is 3.83. The maximum absolute atomic E-state index is 11.6. The highest BCUT2D eigenvalue weighted by atomic mass is 16.5. The van der Waals surface area contributed by atoms with Gasteiger partial charge in [0.2, 0.25) is 0 Å². The van der Waals surface area contributed by atoms with Crippen LogP contribution in [0.2, 0.25) is 0 Å². The summed E-state index contributed by atoms with van der Waals surface area (Å²) in [4.78, 5) is 16.3. The van der Waals surface area contributed by atoms with E-state index in [1.165, 1.54) is 33.0 Å². The van der Waals surface area contributed by atoms with Crippen molar-refractivity contribution in [3.05, 3.63) is 0 Å². The number of hydrogen-bond acceptors (Lipinski definition) is 5. The number of morpholine rings is 1. The highest BCUT2D eigenvalue weighted by Crippen LogP contribution is 2.11. The summed E-state index contributed by atoms with van der Waals surface area (Å²) < 4.78 is 10.2. The monoisotopic (exact) mass is 256 g/mol. The van der Waals surface area contributed by atoms with Crippen molar-refractivity contribution in [3.8, 4) is 0 Å². The van der Waals surface area contributed by atoms with E-state index in [0.29, 0.717) is 6.61 Å². The van der Waals surface area contributed by atoms with Crippen LogP contribution >= 0.6 is 0 Å². The number of esters is 1. The predicted molar refractivity (Wildman–Crippen MR) is 68.5 cm³/mol. The zero-order valence-electron chi connectivity index (χ0n) is 11.3. The lowest BCUT2D eigenvalue weighted by atomic mass is 10.2. The summed E-state index contributed by atoms with van der Waals surface area (Å²) in [6.45, 7) is 6.60. The van der Waals surface area contributed by atoms with Gasteiger partial charge in [-0.3, -0.25) is 9.69 Å². The van der Waals surface area contributed by atoms with Gasteiger partial charge in [-0.2, -0.15) is 0 Å². The van der Waals surface area contributed by atoms with Crippen LogP contribution in [-0.2, 0) is 14.3 Å². The molecule has 2 aliphatic heterocycles. The van der Waals surface area contributed by atoms with E-state index in [4.69, 9.17) is 9.47 Å². The Morgan fingerprint density at radius 1 is 1.28 bits per heavy atom. The van der Waals surface area contributed by atoms with Crippen LogP contribution in [0.4, 0.5) is 0 Å². The zero-order valence-corrected chi connectivity index (χ0v) is 11.3. The van der Waals surface area contributed by atoms with E-state index in [1.807, 2.05) is 0 Å². The molecular weight excluding hydrogens is 232 g/mol. The summed E-state index contributed by atoms with van der Waals surface area (Å²) in [6.07, 6.45) is 3.79. The first-order valence-corrected chi connectivity index (χ1v) is 6.93. The van der Waals surface area contributed by atoms with E-state index < -0.39 is 0 Å². The van der Waals surface area contributed by atoms with Crippen molar-refractivity contribution >= 4 is 5.97 Å². The molecule has 0 aromatic heterocycles.